The number of ether oxygens (including phenoxy) is 2. The van der Waals surface area contributed by atoms with Crippen LogP contribution in [0.5, 0.6) is 5.75 Å². The molecule has 4 aromatic carbocycles. The second-order valence-electron chi connectivity index (χ2n) is 11.8. The SMILES string of the molecule is OC[C@H]1O[C@@H](c2ccc(-c3ccc([C@@H]4[C@@H](CC[C@H](O)c5ccc(F)cc5)OC(=S)N4c4ccccc4)c(O)c3)cc2)C[C@@H](O)[C@@H]1O. The van der Waals surface area contributed by atoms with E-state index in [0.29, 0.717) is 24.0 Å². The summed E-state index contributed by atoms with van der Waals surface area (Å²) in [6.45, 7) is -0.396. The minimum atomic E-state index is -1.14. The molecule has 46 heavy (non-hydrogen) atoms. The third-order valence-electron chi connectivity index (χ3n) is 8.81. The van der Waals surface area contributed by atoms with Gasteiger partial charge in [-0.15, -0.1) is 0 Å². The van der Waals surface area contributed by atoms with Crippen LogP contribution in [0.4, 0.5) is 10.1 Å². The Morgan fingerprint density at radius 3 is 2.26 bits per heavy atom. The van der Waals surface area contributed by atoms with Crippen LogP contribution < -0.4 is 4.90 Å². The van der Waals surface area contributed by atoms with Gasteiger partial charge in [0, 0.05) is 17.7 Å². The van der Waals surface area contributed by atoms with E-state index in [1.54, 1.807) is 18.2 Å². The molecule has 0 bridgehead atoms. The van der Waals surface area contributed by atoms with Crippen LogP contribution >= 0.6 is 12.2 Å². The first-order valence-corrected chi connectivity index (χ1v) is 15.7. The molecule has 8 nitrogen and oxygen atoms in total. The van der Waals surface area contributed by atoms with Crippen molar-refractivity contribution in [2.24, 2.45) is 0 Å². The fraction of sp³-hybridized carbons (Fsp3) is 0.306. The molecule has 2 heterocycles. The lowest BCUT2D eigenvalue weighted by Gasteiger charge is -2.36. The number of aliphatic hydroxyl groups is 4. The molecule has 0 saturated carbocycles. The van der Waals surface area contributed by atoms with Crippen LogP contribution in [0.1, 0.15) is 54.2 Å². The minimum absolute atomic E-state index is 0.0587. The number of phenolic OH excluding ortho intramolecular Hbond substituents is 1. The summed E-state index contributed by atoms with van der Waals surface area (Å²) in [5, 5.41) is 52.3. The monoisotopic (exact) mass is 645 g/mol. The van der Waals surface area contributed by atoms with E-state index in [9.17, 15) is 29.9 Å². The van der Waals surface area contributed by atoms with Gasteiger partial charge >= 0.3 is 0 Å². The first-order valence-electron chi connectivity index (χ1n) is 15.3. The van der Waals surface area contributed by atoms with E-state index in [1.165, 1.54) is 12.1 Å². The van der Waals surface area contributed by atoms with E-state index in [0.717, 1.165) is 22.4 Å². The molecule has 240 valence electrons. The van der Waals surface area contributed by atoms with Gasteiger partial charge in [-0.05, 0) is 77.6 Å². The lowest BCUT2D eigenvalue weighted by molar-refractivity contribution is -0.181. The number of rotatable bonds is 9. The number of anilines is 1. The molecule has 6 rings (SSSR count). The highest BCUT2D eigenvalue weighted by Crippen LogP contribution is 2.44. The van der Waals surface area contributed by atoms with Crippen LogP contribution in [0.25, 0.3) is 11.1 Å². The van der Waals surface area contributed by atoms with Gasteiger partial charge in [-0.1, -0.05) is 66.7 Å². The van der Waals surface area contributed by atoms with Crippen LogP contribution in [0, 0.1) is 5.82 Å². The van der Waals surface area contributed by atoms with Gasteiger partial charge in [-0.3, -0.25) is 4.90 Å². The topological polar surface area (TPSA) is 123 Å². The van der Waals surface area contributed by atoms with Crippen molar-refractivity contribution in [2.75, 3.05) is 11.5 Å². The maximum atomic E-state index is 13.4. The van der Waals surface area contributed by atoms with Crippen molar-refractivity contribution < 1.29 is 39.4 Å². The van der Waals surface area contributed by atoms with Crippen molar-refractivity contribution in [3.63, 3.8) is 0 Å². The number of para-hydroxylation sites is 1. The predicted octanol–water partition coefficient (Wildman–Crippen LogP) is 5.49. The Bertz CT molecular complexity index is 1640. The maximum Gasteiger partial charge on any atom is 0.264 e. The molecule has 0 spiro atoms. The van der Waals surface area contributed by atoms with E-state index in [-0.39, 0.29) is 23.2 Å². The van der Waals surface area contributed by atoms with Crippen LogP contribution in [0.2, 0.25) is 0 Å². The van der Waals surface area contributed by atoms with E-state index in [2.05, 4.69) is 0 Å². The zero-order valence-corrected chi connectivity index (χ0v) is 25.7. The minimum Gasteiger partial charge on any atom is -0.508 e. The number of thiocarbonyl (C=S) groups is 1. The molecule has 0 amide bonds. The second kappa shape index (κ2) is 13.8. The highest BCUT2D eigenvalue weighted by atomic mass is 32.1. The number of nitrogens with zero attached hydrogens (tertiary/aromatic N) is 1. The van der Waals surface area contributed by atoms with Crippen molar-refractivity contribution in [2.45, 2.75) is 61.9 Å². The Hall–Kier alpha value is -3.90. The number of aliphatic hydroxyl groups excluding tert-OH is 4. The third kappa shape index (κ3) is 6.64. The zero-order valence-electron chi connectivity index (χ0n) is 24.9. The molecular weight excluding hydrogens is 609 g/mol. The zero-order chi connectivity index (χ0) is 32.4. The molecule has 0 aromatic heterocycles. The van der Waals surface area contributed by atoms with E-state index >= 15 is 0 Å². The smallest absolute Gasteiger partial charge is 0.264 e. The average Bonchev–Trinajstić information content (AvgIpc) is 3.40. The lowest BCUT2D eigenvalue weighted by Crippen LogP contribution is -2.47. The predicted molar refractivity (Wildman–Crippen MR) is 175 cm³/mol. The van der Waals surface area contributed by atoms with E-state index in [4.69, 9.17) is 21.7 Å². The standard InChI is InChI=1S/C36H36FNO7S/c37-25-13-10-22(11-14-25)28(40)16-17-31-34(38(36(46)45-31)26-4-2-1-3-5-26)27-15-12-24(18-29(27)41)21-6-8-23(9-7-21)32-19-30(42)35(43)33(20-39)44-32/h1-15,18,28,30-35,39-43H,16-17,19-20H2/t28-,30+,31+,32+,33+,34+,35-/m0/s1. The van der Waals surface area contributed by atoms with Crippen molar-refractivity contribution >= 4 is 23.1 Å². The molecule has 2 aliphatic rings. The van der Waals surface area contributed by atoms with Crippen LogP contribution in [-0.2, 0) is 9.47 Å². The van der Waals surface area contributed by atoms with Gasteiger partial charge in [-0.2, -0.15) is 0 Å². The summed E-state index contributed by atoms with van der Waals surface area (Å²) >= 11 is 5.67. The Balaban J connectivity index is 1.24. The van der Waals surface area contributed by atoms with Crippen molar-refractivity contribution in [1.82, 2.24) is 0 Å². The molecule has 10 heteroatoms. The van der Waals surface area contributed by atoms with Gasteiger partial charge in [0.15, 0.2) is 0 Å². The molecule has 0 unspecified atom stereocenters. The molecule has 2 aliphatic heterocycles. The van der Waals surface area contributed by atoms with Gasteiger partial charge in [0.2, 0.25) is 0 Å². The molecule has 7 atom stereocenters. The number of hydrogen-bond acceptors (Lipinski definition) is 8. The van der Waals surface area contributed by atoms with Crippen molar-refractivity contribution in [1.29, 1.82) is 0 Å². The molecule has 2 saturated heterocycles. The summed E-state index contributed by atoms with van der Waals surface area (Å²) in [6.07, 6.45) is -3.83. The summed E-state index contributed by atoms with van der Waals surface area (Å²) in [6, 6.07) is 27.8. The molecule has 4 aromatic rings. The number of benzene rings is 4. The van der Waals surface area contributed by atoms with E-state index in [1.807, 2.05) is 71.6 Å². The van der Waals surface area contributed by atoms with Gasteiger partial charge in [0.25, 0.3) is 5.17 Å². The van der Waals surface area contributed by atoms with Gasteiger partial charge in [0.1, 0.15) is 35.9 Å². The highest BCUT2D eigenvalue weighted by molar-refractivity contribution is 7.80. The maximum absolute atomic E-state index is 13.4. The number of aromatic hydroxyl groups is 1. The second-order valence-corrected chi connectivity index (χ2v) is 12.1. The first kappa shape index (κ1) is 32.1. The van der Waals surface area contributed by atoms with Gasteiger partial charge in [-0.25, -0.2) is 4.39 Å². The third-order valence-corrected chi connectivity index (χ3v) is 9.10. The molecule has 0 radical (unpaired) electrons. The molecule has 2 fully saturated rings. The summed E-state index contributed by atoms with van der Waals surface area (Å²) in [4.78, 5) is 1.88. The summed E-state index contributed by atoms with van der Waals surface area (Å²) in [7, 11) is 0. The summed E-state index contributed by atoms with van der Waals surface area (Å²) < 4.78 is 25.4. The van der Waals surface area contributed by atoms with E-state index < -0.39 is 49.3 Å². The Kier molecular flexibility index (Phi) is 9.65. The fourth-order valence-corrected chi connectivity index (χ4v) is 6.64. The van der Waals surface area contributed by atoms with Crippen LogP contribution in [-0.4, -0.2) is 61.7 Å². The quantitative estimate of drug-likeness (QED) is 0.151. The Labute approximate surface area is 271 Å². The Morgan fingerprint density at radius 2 is 1.59 bits per heavy atom. The molecular formula is C36H36FNO7S. The molecule has 5 N–H and O–H groups in total. The fourth-order valence-electron chi connectivity index (χ4n) is 6.30. The highest BCUT2D eigenvalue weighted by Gasteiger charge is 2.42. The molecule has 0 aliphatic carbocycles. The van der Waals surface area contributed by atoms with Crippen LogP contribution in [0.15, 0.2) is 97.1 Å². The lowest BCUT2D eigenvalue weighted by atomic mass is 9.91. The summed E-state index contributed by atoms with van der Waals surface area (Å²) in [5.74, 6) is -0.313. The van der Waals surface area contributed by atoms with Gasteiger partial charge in [0.05, 0.1) is 24.9 Å². The average molecular weight is 646 g/mol. The van der Waals surface area contributed by atoms with Gasteiger partial charge < -0.3 is 35.0 Å². The first-order chi connectivity index (χ1) is 22.2. The van der Waals surface area contributed by atoms with Crippen molar-refractivity contribution in [3.8, 4) is 16.9 Å². The largest absolute Gasteiger partial charge is 0.508 e. The van der Waals surface area contributed by atoms with Crippen molar-refractivity contribution in [3.05, 3.63) is 120 Å². The Morgan fingerprint density at radius 1 is 0.891 bits per heavy atom. The van der Waals surface area contributed by atoms with Crippen LogP contribution in [0.3, 0.4) is 0 Å². The number of halogens is 1. The number of phenols is 1. The summed E-state index contributed by atoms with van der Waals surface area (Å²) in [5.41, 5.74) is 4.45. The number of hydrogen-bond donors (Lipinski definition) is 5. The normalized spacial score (nSPS) is 25.3.